The fourth-order valence-electron chi connectivity index (χ4n) is 5.19. The van der Waals surface area contributed by atoms with Gasteiger partial charge in [-0.1, -0.05) is 13.0 Å². The van der Waals surface area contributed by atoms with Crippen LogP contribution in [-0.2, 0) is 16.6 Å². The highest BCUT2D eigenvalue weighted by atomic mass is 16.3. The van der Waals surface area contributed by atoms with Crippen molar-refractivity contribution in [2.24, 2.45) is 0 Å². The molecule has 0 bridgehead atoms. The first-order valence-electron chi connectivity index (χ1n) is 14.2. The smallest absolute Gasteiger partial charge is 0.270 e. The van der Waals surface area contributed by atoms with E-state index in [9.17, 15) is 14.9 Å². The van der Waals surface area contributed by atoms with Gasteiger partial charge in [0, 0.05) is 17.3 Å². The lowest BCUT2D eigenvalue weighted by Gasteiger charge is -2.19. The Bertz CT molecular complexity index is 1730. The van der Waals surface area contributed by atoms with Gasteiger partial charge >= 0.3 is 0 Å². The number of carbonyl (C=O) groups excluding carboxylic acids is 2. The lowest BCUT2D eigenvalue weighted by Crippen LogP contribution is -2.51. The highest BCUT2D eigenvalue weighted by molar-refractivity contribution is 5.97. The number of nitriles is 1. The van der Waals surface area contributed by atoms with Crippen molar-refractivity contribution in [3.05, 3.63) is 65.6 Å². The number of hydrogen-bond donors (Lipinski definition) is 2. The molecule has 0 aliphatic heterocycles. The number of benzene rings is 1. The molecule has 2 amide bonds. The summed E-state index contributed by atoms with van der Waals surface area (Å²) in [6.45, 7) is 4.10. The summed E-state index contributed by atoms with van der Waals surface area (Å²) in [5.74, 6) is -0.472. The zero-order valence-corrected chi connectivity index (χ0v) is 23.1. The average Bonchev–Trinajstić information content (AvgIpc) is 3.93. The van der Waals surface area contributed by atoms with Crippen LogP contribution in [0.5, 0.6) is 0 Å². The van der Waals surface area contributed by atoms with Gasteiger partial charge in [-0.15, -0.1) is 0 Å². The Morgan fingerprint density at radius 3 is 2.61 bits per heavy atom. The Balaban J connectivity index is 1.16. The molecule has 208 valence electrons. The van der Waals surface area contributed by atoms with Crippen LogP contribution in [0.2, 0.25) is 0 Å². The summed E-state index contributed by atoms with van der Waals surface area (Å²) in [5.41, 5.74) is 4.67. The zero-order chi connectivity index (χ0) is 28.4. The number of hydrogen-bond acceptors (Lipinski definition) is 7. The lowest BCUT2D eigenvalue weighted by atomic mass is 10.1. The molecule has 3 saturated carbocycles. The van der Waals surface area contributed by atoms with Gasteiger partial charge in [0.1, 0.15) is 22.8 Å². The minimum absolute atomic E-state index is 0.0170. The number of nitrogens with zero attached hydrogens (tertiary/aromatic N) is 5. The van der Waals surface area contributed by atoms with E-state index in [4.69, 9.17) is 9.52 Å². The van der Waals surface area contributed by atoms with E-state index in [1.807, 2.05) is 48.0 Å². The van der Waals surface area contributed by atoms with Crippen molar-refractivity contribution < 1.29 is 14.0 Å². The second kappa shape index (κ2) is 9.26. The van der Waals surface area contributed by atoms with Gasteiger partial charge < -0.3 is 15.1 Å². The van der Waals surface area contributed by atoms with Gasteiger partial charge in [0.05, 0.1) is 24.2 Å². The SMILES string of the molecule is Cc1cc(-c2ccc3nc(CC(NC(=O)c4cc(C5(C)CC5)nn4C4CC4)C(=O)NC4(C#N)CC4)oc3c2)ccn1. The van der Waals surface area contributed by atoms with Crippen LogP contribution in [0.25, 0.3) is 22.2 Å². The number of rotatable bonds is 9. The fourth-order valence-corrected chi connectivity index (χ4v) is 5.19. The molecule has 2 N–H and O–H groups in total. The first-order chi connectivity index (χ1) is 19.7. The van der Waals surface area contributed by atoms with Crippen molar-refractivity contribution in [1.82, 2.24) is 30.4 Å². The number of nitrogens with one attached hydrogen (secondary N) is 2. The Morgan fingerprint density at radius 1 is 1.15 bits per heavy atom. The maximum atomic E-state index is 13.6. The maximum Gasteiger partial charge on any atom is 0.270 e. The van der Waals surface area contributed by atoms with Gasteiger partial charge in [0.15, 0.2) is 11.5 Å². The first-order valence-corrected chi connectivity index (χ1v) is 14.2. The van der Waals surface area contributed by atoms with Crippen LogP contribution in [0.1, 0.15) is 79.3 Å². The topological polar surface area (TPSA) is 139 Å². The molecule has 3 aliphatic rings. The fraction of sp³-hybridized carbons (Fsp3) is 0.419. The van der Waals surface area contributed by atoms with Crippen molar-refractivity contribution in [2.75, 3.05) is 0 Å². The predicted octanol–water partition coefficient (Wildman–Crippen LogP) is 4.29. The molecule has 1 aromatic carbocycles. The Labute approximate surface area is 237 Å². The quantitative estimate of drug-likeness (QED) is 0.317. The van der Waals surface area contributed by atoms with E-state index in [-0.39, 0.29) is 23.8 Å². The summed E-state index contributed by atoms with van der Waals surface area (Å²) in [4.78, 5) is 36.0. The molecule has 41 heavy (non-hydrogen) atoms. The molecule has 10 nitrogen and oxygen atoms in total. The molecule has 1 atom stereocenters. The Morgan fingerprint density at radius 2 is 1.93 bits per heavy atom. The molecule has 3 fully saturated rings. The molecule has 3 aromatic heterocycles. The lowest BCUT2D eigenvalue weighted by molar-refractivity contribution is -0.123. The summed E-state index contributed by atoms with van der Waals surface area (Å²) >= 11 is 0. The Kier molecular flexibility index (Phi) is 5.75. The van der Waals surface area contributed by atoms with Crippen molar-refractivity contribution in [3.63, 3.8) is 0 Å². The minimum atomic E-state index is -0.980. The molecule has 3 aliphatic carbocycles. The van der Waals surface area contributed by atoms with Gasteiger partial charge in [-0.3, -0.25) is 19.3 Å². The number of amides is 2. The predicted molar refractivity (Wildman–Crippen MR) is 150 cm³/mol. The molecule has 0 spiro atoms. The standard InChI is InChI=1S/C31H31N7O3/c1-18-13-20(7-12-33-18)19-3-6-22-25(14-19)41-27(34-22)15-23(28(39)36-31(17-32)10-11-31)35-29(40)24-16-26(30(2)8-9-30)37-38(24)21-4-5-21/h3,6-7,12-14,16,21,23H,4-5,8-11,15H2,1-2H3,(H,35,40)(H,36,39). The number of fused-ring (bicyclic) bond motifs is 1. The monoisotopic (exact) mass is 549 g/mol. The minimum Gasteiger partial charge on any atom is -0.441 e. The maximum absolute atomic E-state index is 13.6. The largest absolute Gasteiger partial charge is 0.441 e. The van der Waals surface area contributed by atoms with Gasteiger partial charge in [0.25, 0.3) is 5.91 Å². The van der Waals surface area contributed by atoms with Gasteiger partial charge in [-0.05, 0) is 86.9 Å². The van der Waals surface area contributed by atoms with Gasteiger partial charge in [-0.25, -0.2) is 4.98 Å². The zero-order valence-electron chi connectivity index (χ0n) is 23.1. The van der Waals surface area contributed by atoms with Crippen molar-refractivity contribution in [2.45, 2.75) is 81.8 Å². The molecule has 7 rings (SSSR count). The van der Waals surface area contributed by atoms with Gasteiger partial charge in [0.2, 0.25) is 5.91 Å². The van der Waals surface area contributed by atoms with Crippen LogP contribution in [0, 0.1) is 18.3 Å². The van der Waals surface area contributed by atoms with E-state index in [1.54, 1.807) is 6.20 Å². The summed E-state index contributed by atoms with van der Waals surface area (Å²) in [6, 6.07) is 13.0. The molecular formula is C31H31N7O3. The summed E-state index contributed by atoms with van der Waals surface area (Å²) in [5, 5.41) is 20.1. The molecule has 4 aromatic rings. The van der Waals surface area contributed by atoms with Crippen LogP contribution in [0.15, 0.2) is 47.0 Å². The highest BCUT2D eigenvalue weighted by Crippen LogP contribution is 2.48. The average molecular weight is 550 g/mol. The van der Waals surface area contributed by atoms with E-state index < -0.39 is 17.5 Å². The van der Waals surface area contributed by atoms with Crippen molar-refractivity contribution >= 4 is 22.9 Å². The molecule has 3 heterocycles. The van der Waals surface area contributed by atoms with E-state index in [2.05, 4.69) is 33.6 Å². The molecular weight excluding hydrogens is 518 g/mol. The van der Waals surface area contributed by atoms with Crippen LogP contribution in [0.3, 0.4) is 0 Å². The second-order valence-electron chi connectivity index (χ2n) is 12.0. The number of aryl methyl sites for hydroxylation is 1. The van der Waals surface area contributed by atoms with Gasteiger partial charge in [-0.2, -0.15) is 10.4 Å². The Hall–Kier alpha value is -4.52. The van der Waals surface area contributed by atoms with Crippen LogP contribution < -0.4 is 10.6 Å². The van der Waals surface area contributed by atoms with Crippen LogP contribution in [0.4, 0.5) is 0 Å². The summed E-state index contributed by atoms with van der Waals surface area (Å²) in [6.07, 6.45) is 7.06. The molecule has 0 radical (unpaired) electrons. The van der Waals surface area contributed by atoms with Crippen molar-refractivity contribution in [1.29, 1.82) is 5.26 Å². The van der Waals surface area contributed by atoms with E-state index in [0.717, 1.165) is 48.2 Å². The van der Waals surface area contributed by atoms with Crippen LogP contribution in [-0.4, -0.2) is 43.1 Å². The number of pyridine rings is 1. The third-order valence-electron chi connectivity index (χ3n) is 8.47. The number of carbonyl (C=O) groups is 2. The summed E-state index contributed by atoms with van der Waals surface area (Å²) in [7, 11) is 0. The van der Waals surface area contributed by atoms with E-state index in [1.165, 1.54) is 0 Å². The third kappa shape index (κ3) is 4.97. The number of oxazole rings is 1. The number of aromatic nitrogens is 4. The molecule has 1 unspecified atom stereocenters. The van der Waals surface area contributed by atoms with E-state index in [0.29, 0.717) is 35.5 Å². The second-order valence-corrected chi connectivity index (χ2v) is 12.0. The van der Waals surface area contributed by atoms with Crippen LogP contribution >= 0.6 is 0 Å². The first kappa shape index (κ1) is 25.4. The molecule has 10 heteroatoms. The summed E-state index contributed by atoms with van der Waals surface area (Å²) < 4.78 is 7.91. The molecule has 0 saturated heterocycles. The third-order valence-corrected chi connectivity index (χ3v) is 8.47. The highest BCUT2D eigenvalue weighted by Gasteiger charge is 2.46. The normalized spacial score (nSPS) is 18.9. The van der Waals surface area contributed by atoms with E-state index >= 15 is 0 Å². The van der Waals surface area contributed by atoms with Crippen molar-refractivity contribution in [3.8, 4) is 17.2 Å².